The molecule has 0 spiro atoms. The first-order valence-electron chi connectivity index (χ1n) is 10.5. The van der Waals surface area contributed by atoms with Gasteiger partial charge in [0.05, 0.1) is 25.0 Å². The molecule has 11 nitrogen and oxygen atoms in total. The zero-order valence-electron chi connectivity index (χ0n) is 17.8. The monoisotopic (exact) mass is 459 g/mol. The van der Waals surface area contributed by atoms with Gasteiger partial charge in [-0.2, -0.15) is 0 Å². The maximum atomic E-state index is 12.8. The van der Waals surface area contributed by atoms with Crippen molar-refractivity contribution in [3.63, 3.8) is 0 Å². The summed E-state index contributed by atoms with van der Waals surface area (Å²) in [5, 5.41) is 3.30. The molecule has 0 unspecified atom stereocenters. The van der Waals surface area contributed by atoms with Crippen molar-refractivity contribution in [1.29, 1.82) is 0 Å². The van der Waals surface area contributed by atoms with Crippen molar-refractivity contribution in [3.8, 4) is 0 Å². The highest BCUT2D eigenvalue weighted by molar-refractivity contribution is 7.15. The van der Waals surface area contributed by atoms with E-state index in [1.165, 1.54) is 29.9 Å². The van der Waals surface area contributed by atoms with Crippen molar-refractivity contribution in [1.82, 2.24) is 29.7 Å². The molecule has 0 radical (unpaired) electrons. The van der Waals surface area contributed by atoms with E-state index in [2.05, 4.69) is 25.2 Å². The van der Waals surface area contributed by atoms with Crippen molar-refractivity contribution in [2.75, 3.05) is 51.2 Å². The molecule has 1 N–H and O–H groups in total. The minimum Gasteiger partial charge on any atom is -0.450 e. The molecule has 1 saturated heterocycles. The summed E-state index contributed by atoms with van der Waals surface area (Å²) in [7, 11) is 0. The summed E-state index contributed by atoms with van der Waals surface area (Å²) in [4.78, 5) is 55.8. The fourth-order valence-electron chi connectivity index (χ4n) is 3.66. The number of rotatable bonds is 5. The molecular weight excluding hydrogens is 434 g/mol. The second-order valence-corrected chi connectivity index (χ2v) is 8.54. The highest BCUT2D eigenvalue weighted by Crippen LogP contribution is 2.28. The fraction of sp³-hybridized carbons (Fsp3) is 0.500. The van der Waals surface area contributed by atoms with Crippen molar-refractivity contribution in [3.05, 3.63) is 34.9 Å². The maximum Gasteiger partial charge on any atom is 0.409 e. The smallest absolute Gasteiger partial charge is 0.409 e. The van der Waals surface area contributed by atoms with Gasteiger partial charge in [-0.3, -0.25) is 24.8 Å². The first-order chi connectivity index (χ1) is 15.5. The molecule has 3 amide bonds. The number of carbonyl (C=O) groups excluding carboxylic acids is 3. The lowest BCUT2D eigenvalue weighted by molar-refractivity contribution is -0.134. The summed E-state index contributed by atoms with van der Waals surface area (Å²) in [6, 6.07) is 0. The first-order valence-corrected chi connectivity index (χ1v) is 11.3. The molecule has 170 valence electrons. The van der Waals surface area contributed by atoms with Crippen molar-refractivity contribution in [2.24, 2.45) is 0 Å². The summed E-state index contributed by atoms with van der Waals surface area (Å²) in [6.45, 7) is 5.77. The van der Waals surface area contributed by atoms with Crippen LogP contribution in [0.25, 0.3) is 0 Å². The Morgan fingerprint density at radius 1 is 1.12 bits per heavy atom. The standard InChI is InChI=1S/C20H25N7O4S/c1-2-31-20(30)27-9-7-26(8-10-27)17(28)13-25-6-3-14-16(12-25)32-19(23-14)24-18(29)15-11-21-4-5-22-15/h4-5,11H,2-3,6-10,12-13H2,1H3,(H,23,24,29). The Hall–Kier alpha value is -3.12. The number of piperazine rings is 1. The van der Waals surface area contributed by atoms with Crippen LogP contribution in [0.2, 0.25) is 0 Å². The number of nitrogens with one attached hydrogen (secondary N) is 1. The Morgan fingerprint density at radius 3 is 2.62 bits per heavy atom. The molecule has 0 atom stereocenters. The zero-order valence-corrected chi connectivity index (χ0v) is 18.6. The van der Waals surface area contributed by atoms with Crippen LogP contribution in [-0.2, 0) is 22.5 Å². The van der Waals surface area contributed by atoms with Gasteiger partial charge in [-0.05, 0) is 6.92 Å². The number of aromatic nitrogens is 3. The lowest BCUT2D eigenvalue weighted by atomic mass is 10.2. The van der Waals surface area contributed by atoms with Crippen LogP contribution >= 0.6 is 11.3 Å². The number of anilines is 1. The van der Waals surface area contributed by atoms with Crippen LogP contribution < -0.4 is 5.32 Å². The average Bonchev–Trinajstić information content (AvgIpc) is 3.21. The number of carbonyl (C=O) groups is 3. The van der Waals surface area contributed by atoms with Gasteiger partial charge in [-0.25, -0.2) is 14.8 Å². The van der Waals surface area contributed by atoms with Gasteiger partial charge >= 0.3 is 6.09 Å². The van der Waals surface area contributed by atoms with Gasteiger partial charge in [0, 0.05) is 63.0 Å². The van der Waals surface area contributed by atoms with Crippen molar-refractivity contribution < 1.29 is 19.1 Å². The summed E-state index contributed by atoms with van der Waals surface area (Å²) < 4.78 is 5.02. The van der Waals surface area contributed by atoms with Gasteiger partial charge in [-0.15, -0.1) is 11.3 Å². The number of nitrogens with zero attached hydrogens (tertiary/aromatic N) is 6. The third-order valence-corrected chi connectivity index (χ3v) is 6.34. The van der Waals surface area contributed by atoms with E-state index >= 15 is 0 Å². The Bertz CT molecular complexity index is 976. The molecule has 4 rings (SSSR count). The summed E-state index contributed by atoms with van der Waals surface area (Å²) in [5.74, 6) is -0.296. The molecule has 4 heterocycles. The van der Waals surface area contributed by atoms with E-state index in [4.69, 9.17) is 4.74 Å². The summed E-state index contributed by atoms with van der Waals surface area (Å²) in [5.41, 5.74) is 1.19. The Labute approximate surface area is 189 Å². The number of hydrogen-bond acceptors (Lipinski definition) is 9. The molecule has 1 fully saturated rings. The van der Waals surface area contributed by atoms with Crippen LogP contribution in [-0.4, -0.2) is 93.4 Å². The topological polar surface area (TPSA) is 121 Å². The van der Waals surface area contributed by atoms with Crippen LogP contribution in [0.4, 0.5) is 9.93 Å². The molecule has 2 aromatic heterocycles. The Balaban J connectivity index is 1.28. The minimum absolute atomic E-state index is 0.0534. The molecule has 2 aromatic rings. The second-order valence-electron chi connectivity index (χ2n) is 7.46. The van der Waals surface area contributed by atoms with E-state index in [-0.39, 0.29) is 23.6 Å². The predicted octanol–water partition coefficient (Wildman–Crippen LogP) is 0.844. The minimum atomic E-state index is -0.349. The Morgan fingerprint density at radius 2 is 1.91 bits per heavy atom. The normalized spacial score (nSPS) is 16.4. The first kappa shape index (κ1) is 22.1. The lowest BCUT2D eigenvalue weighted by Gasteiger charge is -2.35. The van der Waals surface area contributed by atoms with E-state index in [0.717, 1.165) is 23.5 Å². The van der Waals surface area contributed by atoms with E-state index in [9.17, 15) is 14.4 Å². The van der Waals surface area contributed by atoms with E-state index < -0.39 is 0 Å². The van der Waals surface area contributed by atoms with Crippen LogP contribution in [0.15, 0.2) is 18.6 Å². The molecule has 0 aromatic carbocycles. The summed E-state index contributed by atoms with van der Waals surface area (Å²) in [6.07, 6.45) is 4.78. The molecule has 0 aliphatic carbocycles. The van der Waals surface area contributed by atoms with E-state index in [0.29, 0.717) is 51.0 Å². The van der Waals surface area contributed by atoms with Crippen LogP contribution in [0.5, 0.6) is 0 Å². The van der Waals surface area contributed by atoms with Gasteiger partial charge in [0.1, 0.15) is 5.69 Å². The quantitative estimate of drug-likeness (QED) is 0.698. The number of ether oxygens (including phenoxy) is 1. The molecule has 0 saturated carbocycles. The predicted molar refractivity (Wildman–Crippen MR) is 116 cm³/mol. The van der Waals surface area contributed by atoms with Gasteiger partial charge in [-0.1, -0.05) is 0 Å². The molecule has 0 bridgehead atoms. The fourth-order valence-corrected chi connectivity index (χ4v) is 4.70. The highest BCUT2D eigenvalue weighted by atomic mass is 32.1. The number of thiazole rings is 1. The van der Waals surface area contributed by atoms with E-state index in [1.54, 1.807) is 16.7 Å². The third-order valence-electron chi connectivity index (χ3n) is 5.34. The number of hydrogen-bond donors (Lipinski definition) is 1. The summed E-state index contributed by atoms with van der Waals surface area (Å²) >= 11 is 1.42. The van der Waals surface area contributed by atoms with Gasteiger partial charge < -0.3 is 14.5 Å². The largest absolute Gasteiger partial charge is 0.450 e. The van der Waals surface area contributed by atoms with Gasteiger partial charge in [0.15, 0.2) is 5.13 Å². The average molecular weight is 460 g/mol. The number of fused-ring (bicyclic) bond motifs is 1. The SMILES string of the molecule is CCOC(=O)N1CCN(C(=O)CN2CCc3nc(NC(=O)c4cnccn4)sc3C2)CC1. The van der Waals surface area contributed by atoms with Crippen LogP contribution in [0, 0.1) is 0 Å². The molecule has 2 aliphatic rings. The lowest BCUT2D eigenvalue weighted by Crippen LogP contribution is -2.53. The molecule has 12 heteroatoms. The molecule has 2 aliphatic heterocycles. The van der Waals surface area contributed by atoms with Gasteiger partial charge in [0.25, 0.3) is 5.91 Å². The number of amides is 3. The highest BCUT2D eigenvalue weighted by Gasteiger charge is 2.28. The molecule has 32 heavy (non-hydrogen) atoms. The van der Waals surface area contributed by atoms with Crippen LogP contribution in [0.1, 0.15) is 28.0 Å². The van der Waals surface area contributed by atoms with E-state index in [1.807, 2.05) is 0 Å². The van der Waals surface area contributed by atoms with Crippen molar-refractivity contribution in [2.45, 2.75) is 19.9 Å². The third kappa shape index (κ3) is 5.19. The maximum absolute atomic E-state index is 12.8. The van der Waals surface area contributed by atoms with Crippen LogP contribution in [0.3, 0.4) is 0 Å². The van der Waals surface area contributed by atoms with Gasteiger partial charge in [0.2, 0.25) is 5.91 Å². The second kappa shape index (κ2) is 10.0. The van der Waals surface area contributed by atoms with Crippen molar-refractivity contribution >= 4 is 34.4 Å². The molecular formula is C20H25N7O4S. The zero-order chi connectivity index (χ0) is 22.5. The Kier molecular flexibility index (Phi) is 6.90.